The molecular weight excluding hydrogens is 244 g/mol. The van der Waals surface area contributed by atoms with Crippen LogP contribution in [0.5, 0.6) is 0 Å². The molecule has 1 aromatic rings. The maximum absolute atomic E-state index is 11.9. The van der Waals surface area contributed by atoms with Crippen molar-refractivity contribution in [3.05, 3.63) is 35.4 Å². The van der Waals surface area contributed by atoms with Crippen LogP contribution in [0.4, 0.5) is 0 Å². The highest BCUT2D eigenvalue weighted by molar-refractivity contribution is 5.84. The molecule has 1 aliphatic rings. The van der Waals surface area contributed by atoms with Crippen LogP contribution in [0.25, 0.3) is 0 Å². The van der Waals surface area contributed by atoms with Gasteiger partial charge in [-0.1, -0.05) is 24.3 Å². The monoisotopic (exact) mass is 262 g/mol. The van der Waals surface area contributed by atoms with Crippen LogP contribution in [-0.2, 0) is 16.0 Å². The first-order valence-corrected chi connectivity index (χ1v) is 6.26. The molecule has 19 heavy (non-hydrogen) atoms. The molecule has 0 fully saturated rings. The largest absolute Gasteiger partial charge is 0.390 e. The number of amides is 2. The SMILES string of the molecule is CC(=O)N(C)CC(=O)N[C@@H]1c2ccccc2C[C@@H]1O. The number of hydrogen-bond acceptors (Lipinski definition) is 3. The second-order valence-electron chi connectivity index (χ2n) is 4.89. The number of benzene rings is 1. The third kappa shape index (κ3) is 2.93. The normalized spacial score (nSPS) is 20.8. The predicted octanol–water partition coefficient (Wildman–Crippen LogP) is 0.239. The number of nitrogens with one attached hydrogen (secondary N) is 1. The minimum atomic E-state index is -0.607. The third-order valence-electron chi connectivity index (χ3n) is 3.44. The van der Waals surface area contributed by atoms with Crippen LogP contribution in [0, 0.1) is 0 Å². The molecule has 5 nitrogen and oxygen atoms in total. The van der Waals surface area contributed by atoms with Crippen molar-refractivity contribution in [2.45, 2.75) is 25.5 Å². The van der Waals surface area contributed by atoms with Gasteiger partial charge < -0.3 is 15.3 Å². The van der Waals surface area contributed by atoms with Gasteiger partial charge in [0.25, 0.3) is 0 Å². The van der Waals surface area contributed by atoms with Crippen molar-refractivity contribution in [1.82, 2.24) is 10.2 Å². The molecule has 0 unspecified atom stereocenters. The summed E-state index contributed by atoms with van der Waals surface area (Å²) in [5.74, 6) is -0.430. The lowest BCUT2D eigenvalue weighted by molar-refractivity contribution is -0.133. The van der Waals surface area contributed by atoms with Gasteiger partial charge in [0.05, 0.1) is 18.7 Å². The van der Waals surface area contributed by atoms with Crippen molar-refractivity contribution < 1.29 is 14.7 Å². The fourth-order valence-electron chi connectivity index (χ4n) is 2.29. The van der Waals surface area contributed by atoms with Crippen molar-refractivity contribution in [1.29, 1.82) is 0 Å². The summed E-state index contributed by atoms with van der Waals surface area (Å²) < 4.78 is 0. The van der Waals surface area contributed by atoms with Gasteiger partial charge >= 0.3 is 0 Å². The average molecular weight is 262 g/mol. The number of rotatable bonds is 3. The van der Waals surface area contributed by atoms with Gasteiger partial charge in [-0.2, -0.15) is 0 Å². The van der Waals surface area contributed by atoms with Crippen LogP contribution < -0.4 is 5.32 Å². The summed E-state index contributed by atoms with van der Waals surface area (Å²) in [4.78, 5) is 24.3. The molecule has 2 N–H and O–H groups in total. The maximum Gasteiger partial charge on any atom is 0.240 e. The number of aliphatic hydroxyl groups excluding tert-OH is 1. The van der Waals surface area contributed by atoms with Crippen LogP contribution in [0.2, 0.25) is 0 Å². The lowest BCUT2D eigenvalue weighted by atomic mass is 10.1. The second-order valence-corrected chi connectivity index (χ2v) is 4.89. The molecule has 0 radical (unpaired) electrons. The molecule has 0 heterocycles. The molecule has 0 saturated carbocycles. The number of hydrogen-bond donors (Lipinski definition) is 2. The van der Waals surface area contributed by atoms with Crippen molar-refractivity contribution in [2.24, 2.45) is 0 Å². The lowest BCUT2D eigenvalue weighted by Gasteiger charge is -2.20. The first-order chi connectivity index (χ1) is 8.99. The van der Waals surface area contributed by atoms with Crippen LogP contribution in [0.15, 0.2) is 24.3 Å². The molecule has 1 aromatic carbocycles. The summed E-state index contributed by atoms with van der Waals surface area (Å²) in [5.41, 5.74) is 2.01. The van der Waals surface area contributed by atoms with E-state index in [0.717, 1.165) is 11.1 Å². The van der Waals surface area contributed by atoms with Gasteiger partial charge in [-0.25, -0.2) is 0 Å². The molecule has 1 aliphatic carbocycles. The summed E-state index contributed by atoms with van der Waals surface area (Å²) in [6.45, 7) is 1.41. The van der Waals surface area contributed by atoms with Crippen LogP contribution >= 0.6 is 0 Å². The van der Waals surface area contributed by atoms with Crippen molar-refractivity contribution in [3.8, 4) is 0 Å². The topological polar surface area (TPSA) is 69.6 Å². The molecule has 0 bridgehead atoms. The van der Waals surface area contributed by atoms with E-state index in [2.05, 4.69) is 5.32 Å². The van der Waals surface area contributed by atoms with Gasteiger partial charge in [0.1, 0.15) is 0 Å². The molecule has 5 heteroatoms. The first kappa shape index (κ1) is 13.5. The molecule has 0 aromatic heterocycles. The quantitative estimate of drug-likeness (QED) is 0.820. The standard InChI is InChI=1S/C14H18N2O3/c1-9(17)16(2)8-13(19)15-14-11-6-4-3-5-10(11)7-12(14)18/h3-6,12,14,18H,7-8H2,1-2H3,(H,15,19)/t12-,14+/m0/s1. The Labute approximate surface area is 112 Å². The van der Waals surface area contributed by atoms with Crippen molar-refractivity contribution >= 4 is 11.8 Å². The molecule has 2 atom stereocenters. The summed E-state index contributed by atoms with van der Waals surface area (Å²) in [7, 11) is 1.57. The molecule has 0 saturated heterocycles. The summed E-state index contributed by atoms with van der Waals surface area (Å²) in [5, 5.41) is 12.8. The number of aliphatic hydroxyl groups is 1. The zero-order valence-electron chi connectivity index (χ0n) is 11.1. The highest BCUT2D eigenvalue weighted by atomic mass is 16.3. The summed E-state index contributed by atoms with van der Waals surface area (Å²) in [6, 6.07) is 7.28. The van der Waals surface area contributed by atoms with Crippen molar-refractivity contribution in [2.75, 3.05) is 13.6 Å². The third-order valence-corrected chi connectivity index (χ3v) is 3.44. The Morgan fingerprint density at radius 2 is 2.11 bits per heavy atom. The molecule has 102 valence electrons. The molecule has 2 rings (SSSR count). The summed E-state index contributed by atoms with van der Waals surface area (Å²) >= 11 is 0. The smallest absolute Gasteiger partial charge is 0.240 e. The number of likely N-dealkylation sites (N-methyl/N-ethyl adjacent to an activating group) is 1. The van der Waals surface area contributed by atoms with Gasteiger partial charge in [0, 0.05) is 20.4 Å². The number of fused-ring (bicyclic) bond motifs is 1. The molecule has 0 aliphatic heterocycles. The first-order valence-electron chi connectivity index (χ1n) is 6.26. The molecule has 2 amide bonds. The highest BCUT2D eigenvalue weighted by Gasteiger charge is 2.31. The van der Waals surface area contributed by atoms with E-state index in [0.29, 0.717) is 6.42 Å². The van der Waals surface area contributed by atoms with E-state index in [9.17, 15) is 14.7 Å². The second kappa shape index (κ2) is 5.40. The zero-order valence-corrected chi connectivity index (χ0v) is 11.1. The van der Waals surface area contributed by atoms with Crippen LogP contribution in [0.1, 0.15) is 24.1 Å². The Bertz CT molecular complexity index is 501. The van der Waals surface area contributed by atoms with E-state index in [1.54, 1.807) is 7.05 Å². The summed E-state index contributed by atoms with van der Waals surface area (Å²) in [6.07, 6.45) is -0.0621. The van der Waals surface area contributed by atoms with Gasteiger partial charge in [-0.15, -0.1) is 0 Å². The van der Waals surface area contributed by atoms with Gasteiger partial charge in [-0.05, 0) is 11.1 Å². The Morgan fingerprint density at radius 3 is 2.79 bits per heavy atom. The average Bonchev–Trinajstić information content (AvgIpc) is 2.66. The molecule has 0 spiro atoms. The Hall–Kier alpha value is -1.88. The van der Waals surface area contributed by atoms with Crippen LogP contribution in [0.3, 0.4) is 0 Å². The van der Waals surface area contributed by atoms with Gasteiger partial charge in [-0.3, -0.25) is 9.59 Å². The van der Waals surface area contributed by atoms with E-state index in [1.807, 2.05) is 24.3 Å². The number of carbonyl (C=O) groups excluding carboxylic acids is 2. The minimum absolute atomic E-state index is 0.000715. The van der Waals surface area contributed by atoms with Crippen molar-refractivity contribution in [3.63, 3.8) is 0 Å². The van der Waals surface area contributed by atoms with Gasteiger partial charge in [0.2, 0.25) is 11.8 Å². The Balaban J connectivity index is 2.03. The Morgan fingerprint density at radius 1 is 1.42 bits per heavy atom. The number of nitrogens with zero attached hydrogens (tertiary/aromatic N) is 1. The lowest BCUT2D eigenvalue weighted by Crippen LogP contribution is -2.41. The fourth-order valence-corrected chi connectivity index (χ4v) is 2.29. The highest BCUT2D eigenvalue weighted by Crippen LogP contribution is 2.30. The fraction of sp³-hybridized carbons (Fsp3) is 0.429. The van der Waals surface area contributed by atoms with E-state index in [1.165, 1.54) is 11.8 Å². The zero-order chi connectivity index (χ0) is 14.0. The van der Waals surface area contributed by atoms with Crippen LogP contribution in [-0.4, -0.2) is 41.5 Å². The number of carbonyl (C=O) groups is 2. The minimum Gasteiger partial charge on any atom is -0.390 e. The van der Waals surface area contributed by atoms with Gasteiger partial charge in [0.15, 0.2) is 0 Å². The van der Waals surface area contributed by atoms with E-state index >= 15 is 0 Å². The molecular formula is C14H18N2O3. The maximum atomic E-state index is 11.9. The van der Waals surface area contributed by atoms with E-state index in [-0.39, 0.29) is 24.4 Å². The Kier molecular flexibility index (Phi) is 3.85. The van der Waals surface area contributed by atoms with E-state index in [4.69, 9.17) is 0 Å². The van der Waals surface area contributed by atoms with E-state index < -0.39 is 6.10 Å². The predicted molar refractivity (Wildman–Crippen MR) is 70.3 cm³/mol.